The van der Waals surface area contributed by atoms with Crippen molar-refractivity contribution >= 4 is 21.8 Å². The molecule has 2 unspecified atom stereocenters. The highest BCUT2D eigenvalue weighted by molar-refractivity contribution is 9.09. The van der Waals surface area contributed by atoms with Gasteiger partial charge in [0.25, 0.3) is 5.91 Å². The Morgan fingerprint density at radius 3 is 2.52 bits per heavy atom. The maximum atomic E-state index is 13.7. The molecule has 0 heterocycles. The van der Waals surface area contributed by atoms with Crippen LogP contribution in [0.4, 0.5) is 13.2 Å². The van der Waals surface area contributed by atoms with Crippen LogP contribution in [0.3, 0.4) is 0 Å². The molecule has 2 atom stereocenters. The van der Waals surface area contributed by atoms with Gasteiger partial charge in [-0.15, -0.1) is 0 Å². The largest absolute Gasteiger partial charge is 0.346 e. The van der Waals surface area contributed by atoms with Gasteiger partial charge in [-0.2, -0.15) is 0 Å². The molecule has 0 aromatic heterocycles. The first-order valence-electron chi connectivity index (χ1n) is 6.90. The monoisotopic (exact) mass is 363 g/mol. The molecule has 1 aliphatic rings. The van der Waals surface area contributed by atoms with Gasteiger partial charge < -0.3 is 5.32 Å². The van der Waals surface area contributed by atoms with Crippen LogP contribution in [0.25, 0.3) is 0 Å². The van der Waals surface area contributed by atoms with Gasteiger partial charge in [-0.05, 0) is 18.8 Å². The van der Waals surface area contributed by atoms with E-state index in [0.29, 0.717) is 23.4 Å². The molecule has 1 amide bonds. The topological polar surface area (TPSA) is 29.1 Å². The molecule has 1 N–H and O–H groups in total. The summed E-state index contributed by atoms with van der Waals surface area (Å²) in [5, 5.41) is 3.26. The number of benzene rings is 1. The van der Waals surface area contributed by atoms with E-state index >= 15 is 0 Å². The lowest BCUT2D eigenvalue weighted by molar-refractivity contribution is 0.0860. The number of hydrogen-bond acceptors (Lipinski definition) is 1. The Kier molecular flexibility index (Phi) is 4.96. The second kappa shape index (κ2) is 6.38. The van der Waals surface area contributed by atoms with Crippen LogP contribution in [0.2, 0.25) is 0 Å². The van der Waals surface area contributed by atoms with Crippen molar-refractivity contribution in [2.45, 2.75) is 38.1 Å². The van der Waals surface area contributed by atoms with Gasteiger partial charge in [-0.25, -0.2) is 13.2 Å². The molecule has 0 saturated heterocycles. The van der Waals surface area contributed by atoms with E-state index in [4.69, 9.17) is 0 Å². The van der Waals surface area contributed by atoms with Gasteiger partial charge in [0, 0.05) is 17.5 Å². The zero-order valence-electron chi connectivity index (χ0n) is 11.7. The van der Waals surface area contributed by atoms with Gasteiger partial charge in [-0.3, -0.25) is 4.79 Å². The predicted molar refractivity (Wildman–Crippen MR) is 77.9 cm³/mol. The van der Waals surface area contributed by atoms with Crippen LogP contribution >= 0.6 is 15.9 Å². The number of rotatable bonds is 3. The molecule has 0 bridgehead atoms. The molecule has 2 rings (SSSR count). The summed E-state index contributed by atoms with van der Waals surface area (Å²) in [7, 11) is 0. The lowest BCUT2D eigenvalue weighted by Gasteiger charge is -2.39. The quantitative estimate of drug-likeness (QED) is 0.802. The summed E-state index contributed by atoms with van der Waals surface area (Å²) >= 11 is 3.38. The van der Waals surface area contributed by atoms with Crippen molar-refractivity contribution in [3.05, 3.63) is 35.1 Å². The number of hydrogen-bond donors (Lipinski definition) is 1. The average molecular weight is 364 g/mol. The number of amides is 1. The normalized spacial score (nSPS) is 25.7. The fraction of sp³-hybridized carbons (Fsp3) is 0.533. The Bertz CT molecular complexity index is 529. The average Bonchev–Trinajstić information content (AvgIpc) is 2.37. The zero-order valence-corrected chi connectivity index (χ0v) is 13.3. The Labute approximate surface area is 130 Å². The van der Waals surface area contributed by atoms with E-state index in [2.05, 4.69) is 28.2 Å². The van der Waals surface area contributed by atoms with Crippen LogP contribution in [0.1, 0.15) is 43.0 Å². The van der Waals surface area contributed by atoms with E-state index in [-0.39, 0.29) is 0 Å². The summed E-state index contributed by atoms with van der Waals surface area (Å²) in [6, 6.07) is 1.03. The Balaban J connectivity index is 2.24. The highest BCUT2D eigenvalue weighted by Crippen LogP contribution is 2.34. The summed E-state index contributed by atoms with van der Waals surface area (Å²) in [6.07, 6.45) is 3.51. The minimum atomic E-state index is -1.18. The lowest BCUT2D eigenvalue weighted by atomic mass is 9.77. The second-order valence-electron chi connectivity index (χ2n) is 5.81. The van der Waals surface area contributed by atoms with Gasteiger partial charge in [0.15, 0.2) is 0 Å². The molecule has 1 saturated carbocycles. The molecule has 1 aliphatic carbocycles. The van der Waals surface area contributed by atoms with Gasteiger partial charge in [-0.1, -0.05) is 35.7 Å². The van der Waals surface area contributed by atoms with E-state index in [9.17, 15) is 18.0 Å². The van der Waals surface area contributed by atoms with Gasteiger partial charge in [0.05, 0.1) is 5.54 Å². The number of nitrogens with one attached hydrogen (secondary N) is 1. The minimum absolute atomic E-state index is 0.430. The van der Waals surface area contributed by atoms with E-state index in [1.807, 2.05) is 0 Å². The van der Waals surface area contributed by atoms with Gasteiger partial charge in [0.2, 0.25) is 0 Å². The summed E-state index contributed by atoms with van der Waals surface area (Å²) < 4.78 is 40.2. The molecule has 21 heavy (non-hydrogen) atoms. The molecule has 1 aromatic carbocycles. The molecular weight excluding hydrogens is 347 g/mol. The van der Waals surface area contributed by atoms with Crippen molar-refractivity contribution in [2.75, 3.05) is 5.33 Å². The molecule has 116 valence electrons. The molecular formula is C15H17BrF3NO. The van der Waals surface area contributed by atoms with Crippen LogP contribution in [0.5, 0.6) is 0 Å². The van der Waals surface area contributed by atoms with E-state index in [1.165, 1.54) is 0 Å². The van der Waals surface area contributed by atoms with Crippen LogP contribution in [-0.2, 0) is 0 Å². The molecule has 1 aromatic rings. The van der Waals surface area contributed by atoms with Gasteiger partial charge in [0.1, 0.15) is 23.0 Å². The summed E-state index contributed by atoms with van der Waals surface area (Å²) in [5.41, 5.74) is -1.24. The summed E-state index contributed by atoms with van der Waals surface area (Å²) in [5.74, 6) is -3.81. The van der Waals surface area contributed by atoms with Crippen LogP contribution in [-0.4, -0.2) is 16.8 Å². The Morgan fingerprint density at radius 1 is 1.38 bits per heavy atom. The highest BCUT2D eigenvalue weighted by Gasteiger charge is 2.36. The van der Waals surface area contributed by atoms with E-state index < -0.39 is 34.5 Å². The fourth-order valence-electron chi connectivity index (χ4n) is 2.99. The molecule has 0 aliphatic heterocycles. The van der Waals surface area contributed by atoms with Crippen molar-refractivity contribution in [3.8, 4) is 0 Å². The Hall–Kier alpha value is -1.04. The Morgan fingerprint density at radius 2 is 2.00 bits per heavy atom. The summed E-state index contributed by atoms with van der Waals surface area (Å²) in [6.45, 7) is 2.09. The lowest BCUT2D eigenvalue weighted by Crippen LogP contribution is -2.52. The molecule has 6 heteroatoms. The molecule has 2 nitrogen and oxygen atoms in total. The van der Waals surface area contributed by atoms with Gasteiger partial charge >= 0.3 is 0 Å². The molecule has 1 fully saturated rings. The van der Waals surface area contributed by atoms with Crippen molar-refractivity contribution in [1.29, 1.82) is 0 Å². The molecule has 0 spiro atoms. The standard InChI is InChI=1S/C15H17BrF3NO/c1-9-3-2-4-15(7-9,8-16)20-14(21)13-11(18)5-10(17)6-12(13)19/h5-6,9H,2-4,7-8H2,1H3,(H,20,21). The first kappa shape index (κ1) is 16.3. The minimum Gasteiger partial charge on any atom is -0.346 e. The number of halogens is 4. The number of alkyl halides is 1. The number of carbonyl (C=O) groups excluding carboxylic acids is 1. The first-order valence-corrected chi connectivity index (χ1v) is 8.02. The van der Waals surface area contributed by atoms with Crippen molar-refractivity contribution in [2.24, 2.45) is 5.92 Å². The smallest absolute Gasteiger partial charge is 0.257 e. The maximum absolute atomic E-state index is 13.7. The maximum Gasteiger partial charge on any atom is 0.257 e. The predicted octanol–water partition coefficient (Wildman–Crippen LogP) is 4.18. The van der Waals surface area contributed by atoms with Crippen LogP contribution in [0, 0.1) is 23.4 Å². The second-order valence-corrected chi connectivity index (χ2v) is 6.37. The zero-order chi connectivity index (χ0) is 15.6. The van der Waals surface area contributed by atoms with Crippen molar-refractivity contribution in [3.63, 3.8) is 0 Å². The third-order valence-electron chi connectivity index (χ3n) is 3.96. The van der Waals surface area contributed by atoms with E-state index in [0.717, 1.165) is 25.7 Å². The van der Waals surface area contributed by atoms with Crippen LogP contribution < -0.4 is 5.32 Å². The third kappa shape index (κ3) is 3.59. The van der Waals surface area contributed by atoms with Crippen LogP contribution in [0.15, 0.2) is 12.1 Å². The fourth-order valence-corrected chi connectivity index (χ4v) is 3.64. The first-order chi connectivity index (χ1) is 9.87. The van der Waals surface area contributed by atoms with Crippen molar-refractivity contribution < 1.29 is 18.0 Å². The third-order valence-corrected chi connectivity index (χ3v) is 5.03. The molecule has 0 radical (unpaired) electrons. The SMILES string of the molecule is CC1CCCC(CBr)(NC(=O)c2c(F)cc(F)cc2F)C1. The van der Waals surface area contributed by atoms with E-state index in [1.54, 1.807) is 0 Å². The summed E-state index contributed by atoms with van der Waals surface area (Å²) in [4.78, 5) is 12.2. The van der Waals surface area contributed by atoms with Crippen molar-refractivity contribution in [1.82, 2.24) is 5.32 Å². The highest BCUT2D eigenvalue weighted by atomic mass is 79.9. The number of carbonyl (C=O) groups is 1.